The van der Waals surface area contributed by atoms with Crippen molar-refractivity contribution in [2.75, 3.05) is 12.0 Å². The molecule has 2 aromatic carbocycles. The van der Waals surface area contributed by atoms with E-state index in [1.54, 1.807) is 42.8 Å². The summed E-state index contributed by atoms with van der Waals surface area (Å²) in [6, 6.07) is 13.2. The summed E-state index contributed by atoms with van der Waals surface area (Å²) in [5.41, 5.74) is 4.32. The van der Waals surface area contributed by atoms with Gasteiger partial charge in [0.2, 0.25) is 5.13 Å². The summed E-state index contributed by atoms with van der Waals surface area (Å²) < 4.78 is 23.7. The fourth-order valence-corrected chi connectivity index (χ4v) is 2.91. The third kappa shape index (κ3) is 5.88. The smallest absolute Gasteiger partial charge is 0.311 e. The third-order valence-corrected chi connectivity index (χ3v) is 4.26. The van der Waals surface area contributed by atoms with Crippen LogP contribution in [0.5, 0.6) is 11.5 Å². The van der Waals surface area contributed by atoms with Crippen molar-refractivity contribution < 1.29 is 18.7 Å². The predicted octanol–water partition coefficient (Wildman–Crippen LogP) is 4.63. The number of nitrogens with one attached hydrogen (secondary N) is 1. The average Bonchev–Trinajstić information content (AvgIpc) is 3.10. The second kappa shape index (κ2) is 9.61. The van der Waals surface area contributed by atoms with Crippen LogP contribution >= 0.6 is 11.3 Å². The van der Waals surface area contributed by atoms with Crippen LogP contribution in [0.4, 0.5) is 9.52 Å². The van der Waals surface area contributed by atoms with Crippen molar-refractivity contribution in [3.63, 3.8) is 0 Å². The summed E-state index contributed by atoms with van der Waals surface area (Å²) in [5.74, 6) is 0.382. The zero-order chi connectivity index (χ0) is 19.8. The molecule has 1 heterocycles. The van der Waals surface area contributed by atoms with Crippen LogP contribution < -0.4 is 10.2 Å². The van der Waals surface area contributed by atoms with Crippen molar-refractivity contribution in [3.8, 4) is 11.5 Å². The Bertz CT molecular complexity index is 957. The summed E-state index contributed by atoms with van der Waals surface area (Å²) in [4.78, 5) is 15.7. The number of thiazole rings is 1. The SMILES string of the molecule is CCOC(=O)Cc1csc(NN=Cc2ccc(Oc3cccc(F)c3)cc2)n1. The van der Waals surface area contributed by atoms with Crippen molar-refractivity contribution in [2.24, 2.45) is 5.10 Å². The van der Waals surface area contributed by atoms with E-state index >= 15 is 0 Å². The van der Waals surface area contributed by atoms with Gasteiger partial charge in [-0.1, -0.05) is 6.07 Å². The lowest BCUT2D eigenvalue weighted by Gasteiger charge is -2.05. The number of esters is 1. The number of carbonyl (C=O) groups excluding carboxylic acids is 1. The van der Waals surface area contributed by atoms with Crippen molar-refractivity contribution in [1.29, 1.82) is 0 Å². The minimum atomic E-state index is -0.347. The summed E-state index contributed by atoms with van der Waals surface area (Å²) in [7, 11) is 0. The van der Waals surface area contributed by atoms with E-state index in [2.05, 4.69) is 15.5 Å². The average molecular weight is 399 g/mol. The summed E-state index contributed by atoms with van der Waals surface area (Å²) in [5, 5.41) is 6.50. The van der Waals surface area contributed by atoms with Crippen molar-refractivity contribution >= 4 is 28.7 Å². The molecule has 0 bridgehead atoms. The summed E-state index contributed by atoms with van der Waals surface area (Å²) in [6.07, 6.45) is 1.78. The molecule has 3 rings (SSSR count). The summed E-state index contributed by atoms with van der Waals surface area (Å²) >= 11 is 1.36. The van der Waals surface area contributed by atoms with Gasteiger partial charge in [-0.15, -0.1) is 11.3 Å². The molecule has 0 atom stereocenters. The molecule has 1 N–H and O–H groups in total. The lowest BCUT2D eigenvalue weighted by molar-refractivity contribution is -0.142. The number of hydrogen-bond donors (Lipinski definition) is 1. The number of carbonyl (C=O) groups is 1. The van der Waals surface area contributed by atoms with E-state index in [4.69, 9.17) is 9.47 Å². The molecule has 0 unspecified atom stereocenters. The van der Waals surface area contributed by atoms with Gasteiger partial charge in [0.25, 0.3) is 0 Å². The van der Waals surface area contributed by atoms with E-state index in [1.165, 1.54) is 23.5 Å². The maximum atomic E-state index is 13.2. The molecule has 144 valence electrons. The number of nitrogens with zero attached hydrogens (tertiary/aromatic N) is 2. The Balaban J connectivity index is 1.52. The molecule has 0 fully saturated rings. The highest BCUT2D eigenvalue weighted by molar-refractivity contribution is 7.13. The molecule has 0 amide bonds. The Morgan fingerprint density at radius 1 is 1.25 bits per heavy atom. The number of hydrazone groups is 1. The van der Waals surface area contributed by atoms with Crippen molar-refractivity contribution in [1.82, 2.24) is 4.98 Å². The maximum absolute atomic E-state index is 13.2. The van der Waals surface area contributed by atoms with Gasteiger partial charge >= 0.3 is 5.97 Å². The van der Waals surface area contributed by atoms with E-state index in [1.807, 2.05) is 12.1 Å². The first-order valence-corrected chi connectivity index (χ1v) is 9.43. The number of benzene rings is 2. The van der Waals surface area contributed by atoms with E-state index < -0.39 is 0 Å². The van der Waals surface area contributed by atoms with Crippen LogP contribution in [-0.2, 0) is 16.0 Å². The van der Waals surface area contributed by atoms with E-state index in [-0.39, 0.29) is 18.2 Å². The highest BCUT2D eigenvalue weighted by Crippen LogP contribution is 2.22. The maximum Gasteiger partial charge on any atom is 0.311 e. The number of halogens is 1. The Morgan fingerprint density at radius 3 is 2.82 bits per heavy atom. The van der Waals surface area contributed by atoms with Crippen molar-refractivity contribution in [2.45, 2.75) is 13.3 Å². The topological polar surface area (TPSA) is 72.8 Å². The van der Waals surface area contributed by atoms with Crippen LogP contribution in [0.3, 0.4) is 0 Å². The normalized spacial score (nSPS) is 10.8. The van der Waals surface area contributed by atoms with Gasteiger partial charge in [0, 0.05) is 11.4 Å². The Hall–Kier alpha value is -3.26. The quantitative estimate of drug-likeness (QED) is 0.340. The molecule has 3 aromatic rings. The Morgan fingerprint density at radius 2 is 2.07 bits per heavy atom. The molecule has 0 aliphatic carbocycles. The van der Waals surface area contributed by atoms with Crippen LogP contribution in [0.1, 0.15) is 18.2 Å². The molecule has 1 aromatic heterocycles. The van der Waals surface area contributed by atoms with E-state index in [0.717, 1.165) is 5.56 Å². The molecule has 0 aliphatic rings. The van der Waals surface area contributed by atoms with Crippen LogP contribution in [0.15, 0.2) is 59.0 Å². The second-order valence-corrected chi connectivity index (χ2v) is 6.48. The number of hydrogen-bond acceptors (Lipinski definition) is 7. The predicted molar refractivity (Wildman–Crippen MR) is 107 cm³/mol. The first-order valence-electron chi connectivity index (χ1n) is 8.55. The highest BCUT2D eigenvalue weighted by Gasteiger charge is 2.07. The molecule has 0 radical (unpaired) electrons. The van der Waals surface area contributed by atoms with Gasteiger partial charge in [-0.2, -0.15) is 5.10 Å². The monoisotopic (exact) mass is 399 g/mol. The fourth-order valence-electron chi connectivity index (χ4n) is 2.25. The molecular formula is C20H18FN3O3S. The zero-order valence-electron chi connectivity index (χ0n) is 15.1. The van der Waals surface area contributed by atoms with Gasteiger partial charge < -0.3 is 9.47 Å². The lowest BCUT2D eigenvalue weighted by Crippen LogP contribution is -2.07. The molecule has 8 heteroatoms. The number of ether oxygens (including phenoxy) is 2. The molecule has 0 spiro atoms. The van der Waals surface area contributed by atoms with Gasteiger partial charge in [0.15, 0.2) is 0 Å². The Labute approximate surface area is 165 Å². The van der Waals surface area contributed by atoms with Gasteiger partial charge in [-0.25, -0.2) is 9.37 Å². The molecule has 28 heavy (non-hydrogen) atoms. The molecule has 0 aliphatic heterocycles. The van der Waals surface area contributed by atoms with Crippen molar-refractivity contribution in [3.05, 3.63) is 71.0 Å². The Kier molecular flexibility index (Phi) is 6.69. The summed E-state index contributed by atoms with van der Waals surface area (Å²) in [6.45, 7) is 2.12. The van der Waals surface area contributed by atoms with Crippen LogP contribution in [0.25, 0.3) is 0 Å². The second-order valence-electron chi connectivity index (χ2n) is 5.62. The van der Waals surface area contributed by atoms with Crippen LogP contribution in [0, 0.1) is 5.82 Å². The van der Waals surface area contributed by atoms with Crippen LogP contribution in [0.2, 0.25) is 0 Å². The molecule has 0 saturated carbocycles. The van der Waals surface area contributed by atoms with E-state index in [9.17, 15) is 9.18 Å². The third-order valence-electron chi connectivity index (χ3n) is 3.47. The number of aromatic nitrogens is 1. The number of rotatable bonds is 8. The largest absolute Gasteiger partial charge is 0.466 e. The van der Waals surface area contributed by atoms with Gasteiger partial charge in [0.05, 0.1) is 24.9 Å². The van der Waals surface area contributed by atoms with Gasteiger partial charge in [0.1, 0.15) is 17.3 Å². The van der Waals surface area contributed by atoms with E-state index in [0.29, 0.717) is 28.9 Å². The first kappa shape index (κ1) is 19.5. The lowest BCUT2D eigenvalue weighted by atomic mass is 10.2. The highest BCUT2D eigenvalue weighted by atomic mass is 32.1. The minimum Gasteiger partial charge on any atom is -0.466 e. The molecule has 6 nitrogen and oxygen atoms in total. The van der Waals surface area contributed by atoms with Gasteiger partial charge in [-0.05, 0) is 48.9 Å². The standard InChI is InChI=1S/C20H18FN3O3S/c1-2-26-19(25)11-16-13-28-20(23-16)24-22-12-14-6-8-17(9-7-14)27-18-5-3-4-15(21)10-18/h3-10,12-13H,2,11H2,1H3,(H,23,24). The number of anilines is 1. The molecular weight excluding hydrogens is 381 g/mol. The fraction of sp³-hybridized carbons (Fsp3) is 0.150. The zero-order valence-corrected chi connectivity index (χ0v) is 15.9. The minimum absolute atomic E-state index is 0.141. The molecule has 0 saturated heterocycles. The first-order chi connectivity index (χ1) is 13.6. The van der Waals surface area contributed by atoms with Crippen LogP contribution in [-0.4, -0.2) is 23.8 Å². The van der Waals surface area contributed by atoms with Gasteiger partial charge in [-0.3, -0.25) is 10.2 Å².